The molecule has 5 rings (SSSR count). The Hall–Kier alpha value is -2.58. The van der Waals surface area contributed by atoms with Crippen molar-refractivity contribution in [2.24, 2.45) is 0 Å². The van der Waals surface area contributed by atoms with Gasteiger partial charge in [0.2, 0.25) is 0 Å². The van der Waals surface area contributed by atoms with Crippen molar-refractivity contribution >= 4 is 11.0 Å². The maximum Gasteiger partial charge on any atom is 0.257 e. The Morgan fingerprint density at radius 3 is 2.85 bits per heavy atom. The Balaban J connectivity index is 1.22. The van der Waals surface area contributed by atoms with Crippen LogP contribution in [0.2, 0.25) is 0 Å². The van der Waals surface area contributed by atoms with E-state index in [1.807, 2.05) is 6.92 Å². The van der Waals surface area contributed by atoms with Crippen LogP contribution in [-0.2, 0) is 13.0 Å². The summed E-state index contributed by atoms with van der Waals surface area (Å²) in [6, 6.07) is 4.48. The maximum atomic E-state index is 13.4. The third-order valence-electron chi connectivity index (χ3n) is 7.49. The summed E-state index contributed by atoms with van der Waals surface area (Å²) < 4.78 is 20.4. The lowest BCUT2D eigenvalue weighted by Gasteiger charge is -2.35. The van der Waals surface area contributed by atoms with Crippen LogP contribution in [0.5, 0.6) is 0 Å². The molecule has 7 nitrogen and oxygen atoms in total. The zero-order valence-corrected chi connectivity index (χ0v) is 18.9. The minimum atomic E-state index is -0.760. The molecular formula is C25H30FN3O4. The second kappa shape index (κ2) is 8.65. The normalized spacial score (nSPS) is 25.3. The number of hydrogen-bond donors (Lipinski definition) is 2. The number of halogens is 1. The second-order valence-corrected chi connectivity index (χ2v) is 9.71. The summed E-state index contributed by atoms with van der Waals surface area (Å²) in [5.41, 5.74) is 1.85. The molecule has 0 amide bonds. The summed E-state index contributed by atoms with van der Waals surface area (Å²) in [6.07, 6.45) is 5.51. The third kappa shape index (κ3) is 4.22. The van der Waals surface area contributed by atoms with E-state index in [4.69, 9.17) is 4.52 Å². The fraction of sp³-hybridized carbons (Fsp3) is 0.560. The van der Waals surface area contributed by atoms with Crippen molar-refractivity contribution in [2.75, 3.05) is 0 Å². The summed E-state index contributed by atoms with van der Waals surface area (Å²) in [6.45, 7) is 2.42. The van der Waals surface area contributed by atoms with E-state index >= 15 is 0 Å². The van der Waals surface area contributed by atoms with E-state index in [0.29, 0.717) is 67.7 Å². The monoisotopic (exact) mass is 455 g/mol. The molecule has 3 heterocycles. The van der Waals surface area contributed by atoms with Gasteiger partial charge in [0.15, 0.2) is 5.58 Å². The highest BCUT2D eigenvalue weighted by molar-refractivity contribution is 5.79. The highest BCUT2D eigenvalue weighted by Gasteiger charge is 2.35. The topological polar surface area (TPSA) is 101 Å². The molecule has 33 heavy (non-hydrogen) atoms. The van der Waals surface area contributed by atoms with E-state index in [-0.39, 0.29) is 17.3 Å². The number of benzene rings is 1. The number of nitrogens with zero attached hydrogens (tertiary/aromatic N) is 3. The molecule has 3 aromatic rings. The smallest absolute Gasteiger partial charge is 0.257 e. The van der Waals surface area contributed by atoms with Crippen molar-refractivity contribution in [2.45, 2.75) is 88.9 Å². The van der Waals surface area contributed by atoms with Gasteiger partial charge in [0.05, 0.1) is 11.3 Å². The minimum absolute atomic E-state index is 0.0544. The van der Waals surface area contributed by atoms with E-state index in [1.54, 1.807) is 10.6 Å². The van der Waals surface area contributed by atoms with Crippen molar-refractivity contribution < 1.29 is 19.1 Å². The molecular weight excluding hydrogens is 425 g/mol. The minimum Gasteiger partial charge on any atom is -0.390 e. The summed E-state index contributed by atoms with van der Waals surface area (Å²) >= 11 is 0. The molecule has 0 spiro atoms. The molecule has 0 saturated heterocycles. The molecule has 1 unspecified atom stereocenters. The standard InChI is InChI=1S/C25H30FN3O4/c1-15-18(24(31)29-13-3-5-20(30)23(29)27-15)4-2-10-25(32)11-8-16(9-12-25)22-19-7-6-17(26)14-21(19)33-28-22/h6-7,14,16,20,30,32H,2-5,8-13H2,1H3. The zero-order valence-electron chi connectivity index (χ0n) is 18.9. The summed E-state index contributed by atoms with van der Waals surface area (Å²) in [5.74, 6) is 0.316. The molecule has 176 valence electrons. The van der Waals surface area contributed by atoms with Crippen molar-refractivity contribution in [3.63, 3.8) is 0 Å². The first-order valence-electron chi connectivity index (χ1n) is 11.9. The largest absolute Gasteiger partial charge is 0.390 e. The average molecular weight is 456 g/mol. The molecule has 0 bridgehead atoms. The van der Waals surface area contributed by atoms with Gasteiger partial charge >= 0.3 is 0 Å². The first kappa shape index (κ1) is 22.2. The predicted octanol–water partition coefficient (Wildman–Crippen LogP) is 4.07. The number of aromatic nitrogens is 3. The average Bonchev–Trinajstić information content (AvgIpc) is 3.20. The maximum absolute atomic E-state index is 13.4. The van der Waals surface area contributed by atoms with Crippen LogP contribution in [0.1, 0.15) is 86.2 Å². The molecule has 2 aliphatic rings. The molecule has 2 aromatic heterocycles. The summed E-state index contributed by atoms with van der Waals surface area (Å²) in [7, 11) is 0. The number of aliphatic hydroxyl groups is 2. The number of aliphatic hydroxyl groups excluding tert-OH is 1. The van der Waals surface area contributed by atoms with Crippen molar-refractivity contribution in [1.29, 1.82) is 0 Å². The quantitative estimate of drug-likeness (QED) is 0.601. The predicted molar refractivity (Wildman–Crippen MR) is 120 cm³/mol. The fourth-order valence-corrected chi connectivity index (χ4v) is 5.55. The van der Waals surface area contributed by atoms with Gasteiger partial charge in [0, 0.05) is 35.2 Å². The lowest BCUT2D eigenvalue weighted by Crippen LogP contribution is -2.35. The van der Waals surface area contributed by atoms with Crippen LogP contribution in [0.25, 0.3) is 11.0 Å². The van der Waals surface area contributed by atoms with Crippen molar-refractivity contribution in [3.8, 4) is 0 Å². The number of hydrogen-bond acceptors (Lipinski definition) is 6. The molecule has 1 atom stereocenters. The van der Waals surface area contributed by atoms with E-state index in [2.05, 4.69) is 10.1 Å². The third-order valence-corrected chi connectivity index (χ3v) is 7.49. The summed E-state index contributed by atoms with van der Waals surface area (Å²) in [5, 5.41) is 26.3. The number of rotatable bonds is 5. The van der Waals surface area contributed by atoms with Gasteiger partial charge in [-0.3, -0.25) is 9.36 Å². The van der Waals surface area contributed by atoms with Crippen molar-refractivity contribution in [3.05, 3.63) is 57.1 Å². The molecule has 0 radical (unpaired) electrons. The molecule has 1 aliphatic heterocycles. The van der Waals surface area contributed by atoms with Crippen molar-refractivity contribution in [1.82, 2.24) is 14.7 Å². The Morgan fingerprint density at radius 1 is 1.27 bits per heavy atom. The highest BCUT2D eigenvalue weighted by Crippen LogP contribution is 2.41. The Bertz CT molecular complexity index is 1230. The molecule has 8 heteroatoms. The number of aryl methyl sites for hydroxylation is 1. The van der Waals surface area contributed by atoms with Gasteiger partial charge in [-0.05, 0) is 76.8 Å². The van der Waals surface area contributed by atoms with Gasteiger partial charge in [-0.2, -0.15) is 0 Å². The van der Waals surface area contributed by atoms with Gasteiger partial charge in [0.1, 0.15) is 17.7 Å². The van der Waals surface area contributed by atoms with Crippen LogP contribution in [0, 0.1) is 12.7 Å². The van der Waals surface area contributed by atoms with Crippen LogP contribution in [0.4, 0.5) is 4.39 Å². The lowest BCUT2D eigenvalue weighted by atomic mass is 9.75. The molecule has 1 saturated carbocycles. The fourth-order valence-electron chi connectivity index (χ4n) is 5.55. The van der Waals surface area contributed by atoms with Gasteiger partial charge in [-0.25, -0.2) is 9.37 Å². The zero-order chi connectivity index (χ0) is 23.2. The molecule has 1 fully saturated rings. The van der Waals surface area contributed by atoms with Crippen LogP contribution in [0.15, 0.2) is 27.5 Å². The SMILES string of the molecule is Cc1nc2n(c(=O)c1CCCC1(O)CCC(c3noc4cc(F)ccc34)CC1)CCCC2O. The van der Waals surface area contributed by atoms with Gasteiger partial charge < -0.3 is 14.7 Å². The lowest BCUT2D eigenvalue weighted by molar-refractivity contribution is -0.0104. The van der Waals surface area contributed by atoms with E-state index in [0.717, 1.165) is 30.3 Å². The van der Waals surface area contributed by atoms with E-state index < -0.39 is 11.7 Å². The van der Waals surface area contributed by atoms with Crippen LogP contribution >= 0.6 is 0 Å². The summed E-state index contributed by atoms with van der Waals surface area (Å²) in [4.78, 5) is 17.5. The number of fused-ring (bicyclic) bond motifs is 2. The van der Waals surface area contributed by atoms with E-state index in [9.17, 15) is 19.4 Å². The highest BCUT2D eigenvalue weighted by atomic mass is 19.1. The Kier molecular flexibility index (Phi) is 5.82. The second-order valence-electron chi connectivity index (χ2n) is 9.71. The molecule has 2 N–H and O–H groups in total. The first-order valence-corrected chi connectivity index (χ1v) is 11.9. The van der Waals surface area contributed by atoms with Crippen LogP contribution < -0.4 is 5.56 Å². The van der Waals surface area contributed by atoms with Gasteiger partial charge in [-0.15, -0.1) is 0 Å². The molecule has 1 aliphatic carbocycles. The Labute approximate surface area is 191 Å². The Morgan fingerprint density at radius 2 is 2.06 bits per heavy atom. The molecule has 1 aromatic carbocycles. The van der Waals surface area contributed by atoms with E-state index in [1.165, 1.54) is 12.1 Å². The van der Waals surface area contributed by atoms with Crippen LogP contribution in [0.3, 0.4) is 0 Å². The van der Waals surface area contributed by atoms with Gasteiger partial charge in [0.25, 0.3) is 5.56 Å². The van der Waals surface area contributed by atoms with Gasteiger partial charge in [-0.1, -0.05) is 5.16 Å². The first-order chi connectivity index (χ1) is 15.8. The van der Waals surface area contributed by atoms with Crippen LogP contribution in [-0.4, -0.2) is 30.5 Å².